The molecule has 0 aromatic heterocycles. The van der Waals surface area contributed by atoms with Crippen LogP contribution in [0.1, 0.15) is 51.5 Å². The molecule has 1 aliphatic carbocycles. The van der Waals surface area contributed by atoms with E-state index in [0.29, 0.717) is 5.56 Å². The molecule has 2 rings (SSSR count). The largest absolute Gasteiger partial charge is 0.352 e. The second-order valence-electron chi connectivity index (χ2n) is 6.71. The summed E-state index contributed by atoms with van der Waals surface area (Å²) in [4.78, 5) is 24.7. The van der Waals surface area contributed by atoms with Crippen molar-refractivity contribution in [1.29, 1.82) is 0 Å². The van der Waals surface area contributed by atoms with Crippen LogP contribution in [0.4, 0.5) is 4.39 Å². The van der Waals surface area contributed by atoms with Crippen LogP contribution in [0.3, 0.4) is 0 Å². The molecule has 0 saturated heterocycles. The smallest absolute Gasteiger partial charge is 0.235 e. The minimum Gasteiger partial charge on any atom is -0.352 e. The SMILES string of the molecule is CC(C)(C(=O)NCc1ccccc1F)C(=O)NC1CCCCC1. The van der Waals surface area contributed by atoms with Crippen molar-refractivity contribution in [3.05, 3.63) is 35.6 Å². The third kappa shape index (κ3) is 4.53. The maximum Gasteiger partial charge on any atom is 0.235 e. The number of carbonyl (C=O) groups excluding carboxylic acids is 2. The molecular formula is C18H25FN2O2. The highest BCUT2D eigenvalue weighted by Crippen LogP contribution is 2.21. The molecule has 23 heavy (non-hydrogen) atoms. The van der Waals surface area contributed by atoms with Crippen LogP contribution in [0, 0.1) is 11.2 Å². The first-order valence-electron chi connectivity index (χ1n) is 8.24. The first-order valence-corrected chi connectivity index (χ1v) is 8.24. The van der Waals surface area contributed by atoms with Crippen molar-refractivity contribution in [1.82, 2.24) is 10.6 Å². The summed E-state index contributed by atoms with van der Waals surface area (Å²) in [6, 6.07) is 6.44. The molecule has 1 saturated carbocycles. The summed E-state index contributed by atoms with van der Waals surface area (Å²) in [5.74, 6) is -1.03. The van der Waals surface area contributed by atoms with Gasteiger partial charge >= 0.3 is 0 Å². The molecule has 0 atom stereocenters. The molecule has 4 nitrogen and oxygen atoms in total. The molecule has 1 aromatic rings. The third-order valence-corrected chi connectivity index (χ3v) is 4.47. The molecular weight excluding hydrogens is 295 g/mol. The Bertz CT molecular complexity index is 566. The second kappa shape index (κ2) is 7.57. The van der Waals surface area contributed by atoms with Gasteiger partial charge in [0.25, 0.3) is 0 Å². The Hall–Kier alpha value is -1.91. The summed E-state index contributed by atoms with van der Waals surface area (Å²) in [5, 5.41) is 5.63. The standard InChI is InChI=1S/C18H25FN2O2/c1-18(2,17(23)21-14-9-4-3-5-10-14)16(22)20-12-13-8-6-7-11-15(13)19/h6-8,11,14H,3-5,9-10,12H2,1-2H3,(H,20,22)(H,21,23). The van der Waals surface area contributed by atoms with E-state index in [1.54, 1.807) is 32.0 Å². The van der Waals surface area contributed by atoms with Crippen LogP contribution in [0.5, 0.6) is 0 Å². The molecule has 1 fully saturated rings. The quantitative estimate of drug-likeness (QED) is 0.820. The molecule has 1 aliphatic rings. The summed E-state index contributed by atoms with van der Waals surface area (Å²) in [7, 11) is 0. The van der Waals surface area contributed by atoms with Gasteiger partial charge in [-0.05, 0) is 32.8 Å². The number of nitrogens with one attached hydrogen (secondary N) is 2. The van der Waals surface area contributed by atoms with Gasteiger partial charge in [-0.15, -0.1) is 0 Å². The number of amides is 2. The predicted octanol–water partition coefficient (Wildman–Crippen LogP) is 2.92. The summed E-state index contributed by atoms with van der Waals surface area (Å²) >= 11 is 0. The molecule has 126 valence electrons. The van der Waals surface area contributed by atoms with Crippen molar-refractivity contribution >= 4 is 11.8 Å². The normalized spacial score (nSPS) is 16.0. The summed E-state index contributed by atoms with van der Waals surface area (Å²) in [6.45, 7) is 3.27. The molecule has 0 radical (unpaired) electrons. The molecule has 1 aromatic carbocycles. The van der Waals surface area contributed by atoms with Crippen molar-refractivity contribution in [3.63, 3.8) is 0 Å². The van der Waals surface area contributed by atoms with Gasteiger partial charge in [-0.1, -0.05) is 37.5 Å². The van der Waals surface area contributed by atoms with Crippen LogP contribution >= 0.6 is 0 Å². The van der Waals surface area contributed by atoms with Gasteiger partial charge in [0.05, 0.1) is 0 Å². The second-order valence-corrected chi connectivity index (χ2v) is 6.71. The molecule has 0 unspecified atom stereocenters. The lowest BCUT2D eigenvalue weighted by atomic mass is 9.89. The minimum atomic E-state index is -1.18. The van der Waals surface area contributed by atoms with E-state index in [0.717, 1.165) is 25.7 Å². The van der Waals surface area contributed by atoms with Gasteiger partial charge < -0.3 is 10.6 Å². The zero-order valence-electron chi connectivity index (χ0n) is 13.8. The lowest BCUT2D eigenvalue weighted by molar-refractivity contribution is -0.142. The van der Waals surface area contributed by atoms with Gasteiger partial charge in [0.15, 0.2) is 0 Å². The molecule has 0 bridgehead atoms. The van der Waals surface area contributed by atoms with E-state index in [9.17, 15) is 14.0 Å². The van der Waals surface area contributed by atoms with Crippen molar-refractivity contribution in [3.8, 4) is 0 Å². The summed E-state index contributed by atoms with van der Waals surface area (Å²) in [6.07, 6.45) is 5.38. The van der Waals surface area contributed by atoms with E-state index < -0.39 is 11.3 Å². The van der Waals surface area contributed by atoms with E-state index in [2.05, 4.69) is 10.6 Å². The Balaban J connectivity index is 1.90. The van der Waals surface area contributed by atoms with Gasteiger partial charge in [0, 0.05) is 18.2 Å². The average Bonchev–Trinajstić information content (AvgIpc) is 2.54. The fourth-order valence-corrected chi connectivity index (χ4v) is 2.75. The van der Waals surface area contributed by atoms with E-state index >= 15 is 0 Å². The number of halogens is 1. The fourth-order valence-electron chi connectivity index (χ4n) is 2.75. The van der Waals surface area contributed by atoms with Crippen LogP contribution in [0.25, 0.3) is 0 Å². The Kier molecular flexibility index (Phi) is 5.74. The Labute approximate surface area is 136 Å². The van der Waals surface area contributed by atoms with Gasteiger partial charge in [-0.25, -0.2) is 4.39 Å². The molecule has 2 N–H and O–H groups in total. The topological polar surface area (TPSA) is 58.2 Å². The zero-order chi connectivity index (χ0) is 16.9. The molecule has 5 heteroatoms. The minimum absolute atomic E-state index is 0.0750. The van der Waals surface area contributed by atoms with E-state index in [-0.39, 0.29) is 24.3 Å². The predicted molar refractivity (Wildman–Crippen MR) is 87.0 cm³/mol. The third-order valence-electron chi connectivity index (χ3n) is 4.47. The fraction of sp³-hybridized carbons (Fsp3) is 0.556. The highest BCUT2D eigenvalue weighted by molar-refractivity contribution is 6.04. The van der Waals surface area contributed by atoms with E-state index in [4.69, 9.17) is 0 Å². The van der Waals surface area contributed by atoms with E-state index in [1.165, 1.54) is 12.5 Å². The first kappa shape index (κ1) is 17.4. The number of rotatable bonds is 5. The Morgan fingerprint density at radius 1 is 1.13 bits per heavy atom. The molecule has 0 heterocycles. The molecule has 2 amide bonds. The summed E-state index contributed by atoms with van der Waals surface area (Å²) in [5.41, 5.74) is -0.771. The van der Waals surface area contributed by atoms with Gasteiger partial charge in [0.2, 0.25) is 11.8 Å². The molecule has 0 spiro atoms. The highest BCUT2D eigenvalue weighted by Gasteiger charge is 2.37. The first-order chi connectivity index (χ1) is 10.9. The number of hydrogen-bond acceptors (Lipinski definition) is 2. The van der Waals surface area contributed by atoms with Gasteiger partial charge in [-0.2, -0.15) is 0 Å². The zero-order valence-corrected chi connectivity index (χ0v) is 13.8. The van der Waals surface area contributed by atoms with Gasteiger partial charge in [-0.3, -0.25) is 9.59 Å². The lowest BCUT2D eigenvalue weighted by Crippen LogP contribution is -2.50. The summed E-state index contributed by atoms with van der Waals surface area (Å²) < 4.78 is 13.6. The Morgan fingerprint density at radius 3 is 2.43 bits per heavy atom. The van der Waals surface area contributed by atoms with Crippen LogP contribution in [0.2, 0.25) is 0 Å². The average molecular weight is 320 g/mol. The van der Waals surface area contributed by atoms with Crippen LogP contribution in [0.15, 0.2) is 24.3 Å². The van der Waals surface area contributed by atoms with Crippen molar-refractivity contribution in [2.45, 2.75) is 58.5 Å². The number of hydrogen-bond donors (Lipinski definition) is 2. The maximum absolute atomic E-state index is 13.6. The Morgan fingerprint density at radius 2 is 1.78 bits per heavy atom. The number of benzene rings is 1. The van der Waals surface area contributed by atoms with Crippen molar-refractivity contribution in [2.75, 3.05) is 0 Å². The van der Waals surface area contributed by atoms with Crippen LogP contribution in [-0.2, 0) is 16.1 Å². The maximum atomic E-state index is 13.6. The molecule has 0 aliphatic heterocycles. The van der Waals surface area contributed by atoms with Gasteiger partial charge in [0.1, 0.15) is 11.2 Å². The van der Waals surface area contributed by atoms with Crippen LogP contribution in [-0.4, -0.2) is 17.9 Å². The van der Waals surface area contributed by atoms with Crippen molar-refractivity contribution in [2.24, 2.45) is 5.41 Å². The highest BCUT2D eigenvalue weighted by atomic mass is 19.1. The monoisotopic (exact) mass is 320 g/mol. The number of carbonyl (C=O) groups is 2. The van der Waals surface area contributed by atoms with E-state index in [1.807, 2.05) is 0 Å². The lowest BCUT2D eigenvalue weighted by Gasteiger charge is -2.28. The van der Waals surface area contributed by atoms with Crippen LogP contribution < -0.4 is 10.6 Å². The van der Waals surface area contributed by atoms with Crippen molar-refractivity contribution < 1.29 is 14.0 Å².